The fourth-order valence-electron chi connectivity index (χ4n) is 4.22. The number of aliphatic carboxylic acids is 1. The fraction of sp³-hybridized carbons (Fsp3) is 0.375. The van der Waals surface area contributed by atoms with Crippen LogP contribution in [0.4, 0.5) is 0 Å². The van der Waals surface area contributed by atoms with Crippen molar-refractivity contribution < 1.29 is 38.0 Å². The van der Waals surface area contributed by atoms with Gasteiger partial charge in [0.2, 0.25) is 8.32 Å². The highest BCUT2D eigenvalue weighted by atomic mass is 28.4. The number of carbonyl (C=O) groups is 2. The van der Waals surface area contributed by atoms with E-state index in [1.165, 1.54) is 5.56 Å². The van der Waals surface area contributed by atoms with Gasteiger partial charge in [-0.3, -0.25) is 0 Å². The lowest BCUT2D eigenvalue weighted by Gasteiger charge is -2.36. The molecule has 0 fully saturated rings. The molecule has 0 aromatic heterocycles. The Morgan fingerprint density at radius 2 is 1.58 bits per heavy atom. The van der Waals surface area contributed by atoms with Crippen molar-refractivity contribution in [2.45, 2.75) is 59.4 Å². The molecule has 3 aromatic rings. The molecule has 230 valence electrons. The second-order valence-corrected chi connectivity index (χ2v) is 16.6. The molecule has 0 spiro atoms. The Morgan fingerprint density at radius 3 is 2.16 bits per heavy atom. The summed E-state index contributed by atoms with van der Waals surface area (Å²) in [7, 11) is -1.30. The van der Waals surface area contributed by atoms with E-state index in [1.807, 2.05) is 12.1 Å². The molecule has 2 N–H and O–H groups in total. The van der Waals surface area contributed by atoms with Crippen LogP contribution in [0, 0.1) is 13.8 Å². The maximum absolute atomic E-state index is 11.7. The predicted octanol–water partition coefficient (Wildman–Crippen LogP) is 5.42. The summed E-state index contributed by atoms with van der Waals surface area (Å²) in [5.74, 6) is -0.475. The van der Waals surface area contributed by atoms with Crippen LogP contribution < -0.4 is 20.1 Å². The average Bonchev–Trinajstić information content (AvgIpc) is 2.92. The van der Waals surface area contributed by atoms with E-state index >= 15 is 0 Å². The van der Waals surface area contributed by atoms with Crippen molar-refractivity contribution in [3.8, 4) is 22.6 Å². The SMILES string of the molecule is CNOB(OCC(=O)OCC(=O)O)c1ccc(OCc2cccc(-c3c(C)cc(O[Si](C)(C)C(C)(C)C)cc3C)c2)cc1. The van der Waals surface area contributed by atoms with Crippen LogP contribution in [0.5, 0.6) is 11.5 Å². The Balaban J connectivity index is 1.66. The van der Waals surface area contributed by atoms with Gasteiger partial charge in [-0.2, -0.15) is 0 Å². The third-order valence-corrected chi connectivity index (χ3v) is 11.8. The van der Waals surface area contributed by atoms with Gasteiger partial charge >= 0.3 is 19.1 Å². The summed E-state index contributed by atoms with van der Waals surface area (Å²) in [6.45, 7) is 14.7. The number of hydrogen-bond donors (Lipinski definition) is 2. The molecule has 0 aliphatic rings. The minimum Gasteiger partial charge on any atom is -0.543 e. The van der Waals surface area contributed by atoms with Crippen LogP contribution in [0.3, 0.4) is 0 Å². The van der Waals surface area contributed by atoms with Gasteiger partial charge in [-0.25, -0.2) is 15.1 Å². The van der Waals surface area contributed by atoms with Crippen molar-refractivity contribution in [1.82, 2.24) is 5.48 Å². The van der Waals surface area contributed by atoms with Crippen molar-refractivity contribution in [3.05, 3.63) is 77.4 Å². The minimum absolute atomic E-state index is 0.123. The number of rotatable bonds is 14. The maximum atomic E-state index is 11.7. The Labute approximate surface area is 255 Å². The first-order valence-electron chi connectivity index (χ1n) is 14.1. The zero-order chi connectivity index (χ0) is 31.8. The average molecular weight is 608 g/mol. The van der Waals surface area contributed by atoms with Crippen molar-refractivity contribution in [2.75, 3.05) is 20.3 Å². The Kier molecular flexibility index (Phi) is 11.6. The lowest BCUT2D eigenvalue weighted by molar-refractivity contribution is -0.156. The van der Waals surface area contributed by atoms with Crippen LogP contribution in [0.15, 0.2) is 60.7 Å². The van der Waals surface area contributed by atoms with Crippen molar-refractivity contribution >= 4 is 32.8 Å². The molecule has 0 aliphatic heterocycles. The highest BCUT2D eigenvalue weighted by molar-refractivity contribution is 6.74. The van der Waals surface area contributed by atoms with Crippen LogP contribution in [-0.2, 0) is 30.3 Å². The molecule has 3 aromatic carbocycles. The highest BCUT2D eigenvalue weighted by Crippen LogP contribution is 2.39. The zero-order valence-corrected chi connectivity index (χ0v) is 27.3. The first-order valence-corrected chi connectivity index (χ1v) is 17.0. The van der Waals surface area contributed by atoms with Crippen LogP contribution in [0.2, 0.25) is 18.1 Å². The van der Waals surface area contributed by atoms with E-state index < -0.39 is 40.6 Å². The summed E-state index contributed by atoms with van der Waals surface area (Å²) < 4.78 is 28.0. The normalized spacial score (nSPS) is 11.6. The lowest BCUT2D eigenvalue weighted by atomic mass is 9.79. The molecule has 0 saturated heterocycles. The van der Waals surface area contributed by atoms with Crippen LogP contribution in [-0.4, -0.2) is 52.7 Å². The topological polar surface area (TPSA) is 113 Å². The van der Waals surface area contributed by atoms with Crippen LogP contribution in [0.1, 0.15) is 37.5 Å². The van der Waals surface area contributed by atoms with Gasteiger partial charge in [-0.15, -0.1) is 0 Å². The minimum atomic E-state index is -1.94. The van der Waals surface area contributed by atoms with E-state index in [9.17, 15) is 9.59 Å². The molecular weight excluding hydrogens is 565 g/mol. The number of ether oxygens (including phenoxy) is 2. The summed E-state index contributed by atoms with van der Waals surface area (Å²) in [5.41, 5.74) is 8.84. The molecular formula is C32H42BNO8Si. The van der Waals surface area contributed by atoms with Gasteiger partial charge in [0.05, 0.1) is 0 Å². The van der Waals surface area contributed by atoms with Crippen molar-refractivity contribution in [3.63, 3.8) is 0 Å². The molecule has 0 unspecified atom stereocenters. The first-order chi connectivity index (χ1) is 20.2. The summed E-state index contributed by atoms with van der Waals surface area (Å²) in [6.07, 6.45) is 0. The van der Waals surface area contributed by atoms with Crippen molar-refractivity contribution in [1.29, 1.82) is 0 Å². The van der Waals surface area contributed by atoms with E-state index in [2.05, 4.69) is 82.2 Å². The number of carboxylic acids is 1. The molecule has 9 nitrogen and oxygen atoms in total. The zero-order valence-electron chi connectivity index (χ0n) is 26.3. The number of aryl methyl sites for hydroxylation is 2. The molecule has 3 rings (SSSR count). The standard InChI is InChI=1S/C32H42BNO8Si/c1-22-16-28(41-43(7,8)32(3,4)5)17-23(2)31(22)25-11-9-10-24(18-25)19-38-27-14-12-26(13-15-27)33(42-34-6)40-21-30(37)39-20-29(35)36/h9-18,34H,19-21H2,1-8H3,(H,35,36). The molecule has 0 radical (unpaired) electrons. The summed E-state index contributed by atoms with van der Waals surface area (Å²) in [6, 6.07) is 19.7. The number of hydroxylamine groups is 1. The lowest BCUT2D eigenvalue weighted by Crippen LogP contribution is -2.43. The second kappa shape index (κ2) is 14.7. The number of benzene rings is 3. The second-order valence-electron chi connectivity index (χ2n) is 11.9. The van der Waals surface area contributed by atoms with E-state index in [4.69, 9.17) is 23.7 Å². The fourth-order valence-corrected chi connectivity index (χ4v) is 5.24. The number of carbonyl (C=O) groups excluding carboxylic acids is 1. The Bertz CT molecular complexity index is 1380. The largest absolute Gasteiger partial charge is 0.543 e. The summed E-state index contributed by atoms with van der Waals surface area (Å²) in [4.78, 5) is 22.3. The summed E-state index contributed by atoms with van der Waals surface area (Å²) >= 11 is 0. The van der Waals surface area contributed by atoms with Gasteiger partial charge in [-0.1, -0.05) is 51.1 Å². The number of nitrogens with one attached hydrogen (secondary N) is 1. The Morgan fingerprint density at radius 1 is 0.930 bits per heavy atom. The van der Waals surface area contributed by atoms with Gasteiger partial charge in [0.15, 0.2) is 6.61 Å². The number of esters is 1. The number of carboxylic acid groups (broad SMARTS) is 1. The third-order valence-electron chi connectivity index (χ3n) is 7.39. The highest BCUT2D eigenvalue weighted by Gasteiger charge is 2.39. The molecule has 11 heteroatoms. The van der Waals surface area contributed by atoms with E-state index in [1.54, 1.807) is 31.3 Å². The molecule has 0 aliphatic carbocycles. The van der Waals surface area contributed by atoms with E-state index in [-0.39, 0.29) is 5.04 Å². The number of hydrogen-bond acceptors (Lipinski definition) is 8. The van der Waals surface area contributed by atoms with Gasteiger partial charge in [0.1, 0.15) is 24.7 Å². The van der Waals surface area contributed by atoms with Gasteiger partial charge in [-0.05, 0) is 95.6 Å². The molecule has 0 heterocycles. The quantitative estimate of drug-likeness (QED) is 0.141. The van der Waals surface area contributed by atoms with Crippen molar-refractivity contribution in [2.24, 2.45) is 0 Å². The van der Waals surface area contributed by atoms with Gasteiger partial charge < -0.3 is 28.4 Å². The molecule has 0 saturated carbocycles. The molecule has 0 atom stereocenters. The van der Waals surface area contributed by atoms with Gasteiger partial charge in [0, 0.05) is 7.05 Å². The van der Waals surface area contributed by atoms with E-state index in [0.717, 1.165) is 28.0 Å². The van der Waals surface area contributed by atoms with Crippen LogP contribution in [0.25, 0.3) is 11.1 Å². The molecule has 0 amide bonds. The monoisotopic (exact) mass is 607 g/mol. The maximum Gasteiger partial charge on any atom is 0.511 e. The van der Waals surface area contributed by atoms with Crippen LogP contribution >= 0.6 is 0 Å². The summed E-state index contributed by atoms with van der Waals surface area (Å²) in [5, 5.41) is 8.75. The molecule has 0 bridgehead atoms. The molecule has 43 heavy (non-hydrogen) atoms. The first kappa shape index (κ1) is 33.9. The third kappa shape index (κ3) is 9.69. The Hall–Kier alpha value is -3.64. The van der Waals surface area contributed by atoms with Gasteiger partial charge in [0.25, 0.3) is 0 Å². The van der Waals surface area contributed by atoms with E-state index in [0.29, 0.717) is 17.8 Å². The smallest absolute Gasteiger partial charge is 0.511 e. The predicted molar refractivity (Wildman–Crippen MR) is 170 cm³/mol.